The Balaban J connectivity index is 1.87. The van der Waals surface area contributed by atoms with E-state index < -0.39 is 5.72 Å². The molecule has 0 bridgehead atoms. The van der Waals surface area contributed by atoms with Crippen molar-refractivity contribution in [1.29, 1.82) is 0 Å². The molecule has 0 spiro atoms. The van der Waals surface area contributed by atoms with Crippen LogP contribution in [0.2, 0.25) is 0 Å². The zero-order chi connectivity index (χ0) is 14.7. The summed E-state index contributed by atoms with van der Waals surface area (Å²) in [5.74, 6) is 0.630. The summed E-state index contributed by atoms with van der Waals surface area (Å²) in [6, 6.07) is 15.3. The van der Waals surface area contributed by atoms with E-state index in [1.807, 2.05) is 48.5 Å². The molecular formula is C17H16N2O2. The quantitative estimate of drug-likeness (QED) is 0.871. The van der Waals surface area contributed by atoms with Crippen LogP contribution in [0.3, 0.4) is 0 Å². The van der Waals surface area contributed by atoms with Gasteiger partial charge in [-0.3, -0.25) is 0 Å². The first kappa shape index (κ1) is 13.5. The number of fused-ring (bicyclic) bond motifs is 1. The van der Waals surface area contributed by atoms with Crippen LogP contribution in [0.4, 0.5) is 5.69 Å². The van der Waals surface area contributed by atoms with Gasteiger partial charge in [0.15, 0.2) is 5.72 Å². The van der Waals surface area contributed by atoms with E-state index in [0.29, 0.717) is 17.9 Å². The largest absolute Gasteiger partial charge is 0.494 e. The zero-order valence-corrected chi connectivity index (χ0v) is 11.7. The summed E-state index contributed by atoms with van der Waals surface area (Å²) < 4.78 is 5.22. The fraction of sp³-hybridized carbons (Fsp3) is 0.176. The minimum absolute atomic E-state index is 0.415. The Labute approximate surface area is 123 Å². The van der Waals surface area contributed by atoms with Crippen molar-refractivity contribution in [1.82, 2.24) is 0 Å². The van der Waals surface area contributed by atoms with Gasteiger partial charge in [0, 0.05) is 6.42 Å². The molecule has 1 aliphatic rings. The fourth-order valence-electron chi connectivity index (χ4n) is 2.34. The summed E-state index contributed by atoms with van der Waals surface area (Å²) in [5, 5.41) is 18.8. The number of nitrogens with zero attached hydrogens (tertiary/aromatic N) is 2. The second-order valence-electron chi connectivity index (χ2n) is 4.96. The molecule has 0 fully saturated rings. The molecule has 0 aliphatic heterocycles. The second-order valence-corrected chi connectivity index (χ2v) is 4.96. The van der Waals surface area contributed by atoms with Gasteiger partial charge in [0.25, 0.3) is 0 Å². The molecule has 4 heteroatoms. The number of hydrogen-bond donors (Lipinski definition) is 1. The van der Waals surface area contributed by atoms with Gasteiger partial charge in [-0.15, -0.1) is 10.2 Å². The van der Waals surface area contributed by atoms with Gasteiger partial charge >= 0.3 is 0 Å². The number of methoxy groups -OCH3 is 1. The van der Waals surface area contributed by atoms with Crippen molar-refractivity contribution in [2.24, 2.45) is 10.2 Å². The molecule has 2 aromatic rings. The lowest BCUT2D eigenvalue weighted by atomic mass is 9.92. The van der Waals surface area contributed by atoms with Crippen LogP contribution < -0.4 is 4.74 Å². The fourth-order valence-corrected chi connectivity index (χ4v) is 2.34. The molecule has 1 unspecified atom stereocenters. The number of ether oxygens (including phenoxy) is 1. The van der Waals surface area contributed by atoms with Gasteiger partial charge in [-0.25, -0.2) is 0 Å². The van der Waals surface area contributed by atoms with Crippen LogP contribution in [0.1, 0.15) is 11.1 Å². The van der Waals surface area contributed by atoms with E-state index in [4.69, 9.17) is 4.74 Å². The molecule has 1 aliphatic carbocycles. The Morgan fingerprint density at radius 1 is 1.10 bits per heavy atom. The van der Waals surface area contributed by atoms with Crippen LogP contribution >= 0.6 is 0 Å². The molecule has 1 N–H and O–H groups in total. The Morgan fingerprint density at radius 2 is 1.86 bits per heavy atom. The first-order chi connectivity index (χ1) is 10.2. The Kier molecular flexibility index (Phi) is 3.54. The molecule has 0 saturated carbocycles. The average molecular weight is 280 g/mol. The normalized spacial score (nSPS) is 20.5. The van der Waals surface area contributed by atoms with E-state index in [-0.39, 0.29) is 0 Å². The Hall–Kier alpha value is -2.46. The van der Waals surface area contributed by atoms with E-state index >= 15 is 0 Å². The van der Waals surface area contributed by atoms with Crippen LogP contribution in [-0.2, 0) is 6.42 Å². The van der Waals surface area contributed by atoms with E-state index in [0.717, 1.165) is 11.1 Å². The molecule has 2 aromatic carbocycles. The van der Waals surface area contributed by atoms with Crippen LogP contribution in [0.15, 0.2) is 64.8 Å². The average Bonchev–Trinajstić information content (AvgIpc) is 2.53. The van der Waals surface area contributed by atoms with Gasteiger partial charge in [-0.1, -0.05) is 42.5 Å². The van der Waals surface area contributed by atoms with Gasteiger partial charge in [0.1, 0.15) is 11.4 Å². The molecule has 21 heavy (non-hydrogen) atoms. The van der Waals surface area contributed by atoms with E-state index in [1.165, 1.54) is 0 Å². The third-order valence-corrected chi connectivity index (χ3v) is 3.45. The van der Waals surface area contributed by atoms with Gasteiger partial charge in [0.2, 0.25) is 0 Å². The summed E-state index contributed by atoms with van der Waals surface area (Å²) in [6.07, 6.45) is 3.96. The minimum atomic E-state index is -1.31. The molecule has 3 rings (SSSR count). The van der Waals surface area contributed by atoms with Crippen molar-refractivity contribution in [3.05, 3.63) is 65.7 Å². The molecule has 0 radical (unpaired) electrons. The standard InChI is InChI=1S/C17H16N2O2/c1-21-16-9-5-4-8-15(16)18-19-17(20)11-10-13-6-2-3-7-14(13)12-17/h2-11,20H,12H2,1H3/b19-18+. The highest BCUT2D eigenvalue weighted by Gasteiger charge is 2.27. The van der Waals surface area contributed by atoms with Crippen LogP contribution in [0, 0.1) is 0 Å². The minimum Gasteiger partial charge on any atom is -0.494 e. The number of aliphatic hydroxyl groups is 1. The smallest absolute Gasteiger partial charge is 0.200 e. The molecule has 0 aromatic heterocycles. The summed E-state index contributed by atoms with van der Waals surface area (Å²) in [7, 11) is 1.58. The second kappa shape index (κ2) is 5.50. The van der Waals surface area contributed by atoms with Crippen LogP contribution in [-0.4, -0.2) is 17.9 Å². The molecular weight excluding hydrogens is 264 g/mol. The van der Waals surface area contributed by atoms with Crippen molar-refractivity contribution in [3.8, 4) is 5.75 Å². The van der Waals surface area contributed by atoms with Crippen molar-refractivity contribution < 1.29 is 9.84 Å². The molecule has 1 atom stereocenters. The van der Waals surface area contributed by atoms with E-state index in [2.05, 4.69) is 10.2 Å². The third-order valence-electron chi connectivity index (χ3n) is 3.45. The predicted octanol–water partition coefficient (Wildman–Crippen LogP) is 3.74. The lowest BCUT2D eigenvalue weighted by Crippen LogP contribution is -2.28. The van der Waals surface area contributed by atoms with Crippen molar-refractivity contribution in [3.63, 3.8) is 0 Å². The highest BCUT2D eigenvalue weighted by Crippen LogP contribution is 2.31. The first-order valence-electron chi connectivity index (χ1n) is 6.76. The van der Waals surface area contributed by atoms with Gasteiger partial charge in [-0.2, -0.15) is 0 Å². The van der Waals surface area contributed by atoms with E-state index in [1.54, 1.807) is 19.3 Å². The van der Waals surface area contributed by atoms with Gasteiger partial charge in [0.05, 0.1) is 7.11 Å². The SMILES string of the molecule is COc1ccccc1/N=N/C1(O)C=Cc2ccccc2C1. The summed E-state index contributed by atoms with van der Waals surface area (Å²) in [6.45, 7) is 0. The highest BCUT2D eigenvalue weighted by molar-refractivity contribution is 5.58. The summed E-state index contributed by atoms with van der Waals surface area (Å²) in [4.78, 5) is 0. The monoisotopic (exact) mass is 280 g/mol. The Bertz CT molecular complexity index is 709. The van der Waals surface area contributed by atoms with Crippen LogP contribution in [0.25, 0.3) is 6.08 Å². The number of azo groups is 1. The van der Waals surface area contributed by atoms with Crippen molar-refractivity contribution in [2.75, 3.05) is 7.11 Å². The van der Waals surface area contributed by atoms with Gasteiger partial charge < -0.3 is 9.84 Å². The van der Waals surface area contributed by atoms with E-state index in [9.17, 15) is 5.11 Å². The number of para-hydroxylation sites is 1. The molecule has 0 amide bonds. The predicted molar refractivity (Wildman–Crippen MR) is 81.6 cm³/mol. The third kappa shape index (κ3) is 2.85. The Morgan fingerprint density at radius 3 is 2.71 bits per heavy atom. The van der Waals surface area contributed by atoms with Crippen molar-refractivity contribution >= 4 is 11.8 Å². The van der Waals surface area contributed by atoms with Crippen molar-refractivity contribution in [2.45, 2.75) is 12.1 Å². The molecule has 0 saturated heterocycles. The molecule has 106 valence electrons. The highest BCUT2D eigenvalue weighted by atomic mass is 16.5. The maximum Gasteiger partial charge on any atom is 0.200 e. The number of benzene rings is 2. The molecule has 4 nitrogen and oxygen atoms in total. The summed E-state index contributed by atoms with van der Waals surface area (Å²) in [5.41, 5.74) is 1.45. The lowest BCUT2D eigenvalue weighted by molar-refractivity contribution is 0.0933. The summed E-state index contributed by atoms with van der Waals surface area (Å²) >= 11 is 0. The first-order valence-corrected chi connectivity index (χ1v) is 6.76. The number of rotatable bonds is 3. The molecule has 0 heterocycles. The zero-order valence-electron chi connectivity index (χ0n) is 11.7. The van der Waals surface area contributed by atoms with Crippen LogP contribution in [0.5, 0.6) is 5.75 Å². The maximum atomic E-state index is 10.6. The maximum absolute atomic E-state index is 10.6. The topological polar surface area (TPSA) is 54.2 Å². The van der Waals surface area contributed by atoms with Gasteiger partial charge in [-0.05, 0) is 29.3 Å². The lowest BCUT2D eigenvalue weighted by Gasteiger charge is -2.23. The number of hydrogen-bond acceptors (Lipinski definition) is 4.